The molecule has 1 amide bonds. The molecular weight excluding hydrogens is 280 g/mol. The molecular formula is C17H30N2OS. The van der Waals surface area contributed by atoms with Gasteiger partial charge in [0.15, 0.2) is 0 Å². The first-order valence-corrected chi connectivity index (χ1v) is 9.10. The summed E-state index contributed by atoms with van der Waals surface area (Å²) in [5.41, 5.74) is 5.51. The summed E-state index contributed by atoms with van der Waals surface area (Å²) < 4.78 is 0. The molecule has 2 fully saturated rings. The molecule has 0 aromatic carbocycles. The fraction of sp³-hybridized carbons (Fsp3) is 0.882. The molecule has 1 aliphatic heterocycles. The van der Waals surface area contributed by atoms with Crippen LogP contribution in [0.3, 0.4) is 0 Å². The van der Waals surface area contributed by atoms with Gasteiger partial charge in [0, 0.05) is 13.1 Å². The van der Waals surface area contributed by atoms with Crippen molar-refractivity contribution >= 4 is 23.1 Å². The molecule has 21 heavy (non-hydrogen) atoms. The van der Waals surface area contributed by atoms with Crippen molar-refractivity contribution in [2.45, 2.75) is 71.1 Å². The van der Waals surface area contributed by atoms with E-state index in [9.17, 15) is 4.79 Å². The Kier molecular flexibility index (Phi) is 6.03. The maximum atomic E-state index is 13.2. The lowest BCUT2D eigenvalue weighted by atomic mass is 9.78. The average molecular weight is 311 g/mol. The highest BCUT2D eigenvalue weighted by molar-refractivity contribution is 7.80. The lowest BCUT2D eigenvalue weighted by molar-refractivity contribution is -0.139. The van der Waals surface area contributed by atoms with Gasteiger partial charge in [0.05, 0.1) is 10.4 Å². The lowest BCUT2D eigenvalue weighted by Crippen LogP contribution is -2.50. The zero-order valence-corrected chi connectivity index (χ0v) is 14.2. The topological polar surface area (TPSA) is 46.3 Å². The van der Waals surface area contributed by atoms with Gasteiger partial charge in [-0.15, -0.1) is 0 Å². The first kappa shape index (κ1) is 16.7. The van der Waals surface area contributed by atoms with Crippen LogP contribution in [0.15, 0.2) is 0 Å². The second kappa shape index (κ2) is 7.57. The standard InChI is InChI=1S/C17H30N2OS/c1-2-14-8-7-12-19(13-9-14)16(20)17(15(18)21)10-5-3-4-6-11-17/h14H,2-13H2,1H3,(H2,18,21). The zero-order chi connectivity index (χ0) is 15.3. The summed E-state index contributed by atoms with van der Waals surface area (Å²) in [6.07, 6.45) is 11.0. The Balaban J connectivity index is 2.12. The molecule has 120 valence electrons. The normalized spacial score (nSPS) is 26.7. The third kappa shape index (κ3) is 3.77. The maximum absolute atomic E-state index is 13.2. The number of nitrogens with two attached hydrogens (primary N) is 1. The van der Waals surface area contributed by atoms with E-state index in [1.165, 1.54) is 25.7 Å². The summed E-state index contributed by atoms with van der Waals surface area (Å²) >= 11 is 5.34. The molecule has 1 heterocycles. The van der Waals surface area contributed by atoms with E-state index in [-0.39, 0.29) is 5.91 Å². The van der Waals surface area contributed by atoms with Gasteiger partial charge in [0.25, 0.3) is 0 Å². The van der Waals surface area contributed by atoms with Gasteiger partial charge >= 0.3 is 0 Å². The first-order chi connectivity index (χ1) is 10.1. The molecule has 1 aliphatic carbocycles. The number of amides is 1. The van der Waals surface area contributed by atoms with E-state index in [2.05, 4.69) is 11.8 Å². The van der Waals surface area contributed by atoms with E-state index in [1.54, 1.807) is 0 Å². The van der Waals surface area contributed by atoms with Crippen LogP contribution in [0.1, 0.15) is 71.1 Å². The monoisotopic (exact) mass is 310 g/mol. The fourth-order valence-electron chi connectivity index (χ4n) is 3.98. The second-order valence-electron chi connectivity index (χ2n) is 6.86. The van der Waals surface area contributed by atoms with Crippen LogP contribution < -0.4 is 5.73 Å². The lowest BCUT2D eigenvalue weighted by Gasteiger charge is -2.35. The molecule has 0 aromatic heterocycles. The summed E-state index contributed by atoms with van der Waals surface area (Å²) in [6, 6.07) is 0. The molecule has 2 N–H and O–H groups in total. The third-order valence-electron chi connectivity index (χ3n) is 5.55. The number of rotatable bonds is 3. The summed E-state index contributed by atoms with van der Waals surface area (Å²) in [5, 5.41) is 0. The van der Waals surface area contributed by atoms with Gasteiger partial charge < -0.3 is 10.6 Å². The van der Waals surface area contributed by atoms with E-state index in [4.69, 9.17) is 18.0 Å². The minimum absolute atomic E-state index is 0.230. The van der Waals surface area contributed by atoms with Gasteiger partial charge in [-0.1, -0.05) is 51.2 Å². The van der Waals surface area contributed by atoms with Crippen LogP contribution in [-0.4, -0.2) is 28.9 Å². The van der Waals surface area contributed by atoms with Crippen molar-refractivity contribution in [2.75, 3.05) is 13.1 Å². The minimum atomic E-state index is -0.544. The van der Waals surface area contributed by atoms with E-state index < -0.39 is 5.41 Å². The number of carbonyl (C=O) groups is 1. The van der Waals surface area contributed by atoms with Gasteiger partial charge in [0.1, 0.15) is 0 Å². The molecule has 1 unspecified atom stereocenters. The first-order valence-electron chi connectivity index (χ1n) is 8.69. The third-order valence-corrected chi connectivity index (χ3v) is 5.94. The molecule has 1 saturated heterocycles. The summed E-state index contributed by atoms with van der Waals surface area (Å²) in [6.45, 7) is 4.03. The van der Waals surface area contributed by atoms with Crippen LogP contribution in [0.25, 0.3) is 0 Å². The predicted molar refractivity (Wildman–Crippen MR) is 91.1 cm³/mol. The van der Waals surface area contributed by atoms with E-state index in [0.717, 1.165) is 57.5 Å². The van der Waals surface area contributed by atoms with E-state index in [0.29, 0.717) is 4.99 Å². The van der Waals surface area contributed by atoms with Crippen LogP contribution >= 0.6 is 12.2 Å². The van der Waals surface area contributed by atoms with Crippen molar-refractivity contribution in [3.8, 4) is 0 Å². The van der Waals surface area contributed by atoms with Crippen LogP contribution in [0, 0.1) is 11.3 Å². The summed E-state index contributed by atoms with van der Waals surface area (Å²) in [5.74, 6) is 1.01. The number of carbonyl (C=O) groups excluding carboxylic acids is 1. The van der Waals surface area contributed by atoms with Crippen LogP contribution in [-0.2, 0) is 4.79 Å². The van der Waals surface area contributed by atoms with Gasteiger partial charge in [-0.25, -0.2) is 0 Å². The molecule has 0 bridgehead atoms. The minimum Gasteiger partial charge on any atom is -0.392 e. The van der Waals surface area contributed by atoms with Crippen molar-refractivity contribution in [1.29, 1.82) is 0 Å². The fourth-order valence-corrected chi connectivity index (χ4v) is 4.27. The van der Waals surface area contributed by atoms with E-state index >= 15 is 0 Å². The van der Waals surface area contributed by atoms with Crippen LogP contribution in [0.2, 0.25) is 0 Å². The Hall–Kier alpha value is -0.640. The van der Waals surface area contributed by atoms with Gasteiger partial charge in [-0.2, -0.15) is 0 Å². The van der Waals surface area contributed by atoms with Gasteiger partial charge in [-0.05, 0) is 38.0 Å². The number of nitrogens with zero attached hydrogens (tertiary/aromatic N) is 1. The van der Waals surface area contributed by atoms with Crippen LogP contribution in [0.4, 0.5) is 0 Å². The molecule has 2 rings (SSSR count). The predicted octanol–water partition coefficient (Wildman–Crippen LogP) is 3.65. The molecule has 1 atom stereocenters. The number of thiocarbonyl (C=S) groups is 1. The highest BCUT2D eigenvalue weighted by atomic mass is 32.1. The number of hydrogen-bond acceptors (Lipinski definition) is 2. The van der Waals surface area contributed by atoms with Gasteiger partial charge in [-0.3, -0.25) is 4.79 Å². The number of likely N-dealkylation sites (tertiary alicyclic amines) is 1. The van der Waals surface area contributed by atoms with Crippen molar-refractivity contribution in [3.63, 3.8) is 0 Å². The zero-order valence-electron chi connectivity index (χ0n) is 13.4. The quantitative estimate of drug-likeness (QED) is 0.639. The molecule has 0 spiro atoms. The maximum Gasteiger partial charge on any atom is 0.235 e. The second-order valence-corrected chi connectivity index (χ2v) is 7.30. The molecule has 2 aliphatic rings. The Morgan fingerprint density at radius 2 is 1.81 bits per heavy atom. The highest BCUT2D eigenvalue weighted by Crippen LogP contribution is 2.38. The van der Waals surface area contributed by atoms with Crippen molar-refractivity contribution < 1.29 is 4.79 Å². The summed E-state index contributed by atoms with van der Waals surface area (Å²) in [7, 11) is 0. The molecule has 3 nitrogen and oxygen atoms in total. The van der Waals surface area contributed by atoms with Crippen LogP contribution in [0.5, 0.6) is 0 Å². The smallest absolute Gasteiger partial charge is 0.235 e. The SMILES string of the molecule is CCC1CCCN(C(=O)C2(C(N)=S)CCCCCC2)CC1. The highest BCUT2D eigenvalue weighted by Gasteiger charge is 2.44. The van der Waals surface area contributed by atoms with Crippen molar-refractivity contribution in [3.05, 3.63) is 0 Å². The molecule has 4 heteroatoms. The Labute approximate surface area is 134 Å². The molecule has 1 saturated carbocycles. The number of hydrogen-bond donors (Lipinski definition) is 1. The van der Waals surface area contributed by atoms with E-state index in [1.807, 2.05) is 0 Å². The molecule has 0 radical (unpaired) electrons. The van der Waals surface area contributed by atoms with Crippen molar-refractivity contribution in [1.82, 2.24) is 4.90 Å². The Morgan fingerprint density at radius 1 is 1.14 bits per heavy atom. The van der Waals surface area contributed by atoms with Crippen molar-refractivity contribution in [2.24, 2.45) is 17.1 Å². The van der Waals surface area contributed by atoms with Gasteiger partial charge in [0.2, 0.25) is 5.91 Å². The Morgan fingerprint density at radius 3 is 2.38 bits per heavy atom. The average Bonchev–Trinajstić information content (AvgIpc) is 2.87. The Bertz CT molecular complexity index is 375. The molecule has 0 aromatic rings. The summed E-state index contributed by atoms with van der Waals surface area (Å²) in [4.78, 5) is 15.7. The largest absolute Gasteiger partial charge is 0.392 e.